The molecule has 1 rings (SSSR count). The van der Waals surface area contributed by atoms with E-state index in [0.717, 1.165) is 11.6 Å². The number of nitrogens with two attached hydrogens (primary N) is 1. The van der Waals surface area contributed by atoms with E-state index in [9.17, 15) is 4.79 Å². The number of primary amides is 1. The lowest BCUT2D eigenvalue weighted by molar-refractivity contribution is -0.122. The second-order valence-corrected chi connectivity index (χ2v) is 4.20. The molecule has 1 aromatic heterocycles. The first kappa shape index (κ1) is 14.5. The van der Waals surface area contributed by atoms with Crippen molar-refractivity contribution in [2.24, 2.45) is 12.8 Å². The molecule has 3 N–H and O–H groups in total. The van der Waals surface area contributed by atoms with Gasteiger partial charge in [0.05, 0.1) is 18.5 Å². The third-order valence-electron chi connectivity index (χ3n) is 2.43. The number of aromatic nitrogens is 2. The molecule has 0 bridgehead atoms. The Bertz CT molecular complexity index is 389. The first-order valence-corrected chi connectivity index (χ1v) is 5.77. The van der Waals surface area contributed by atoms with E-state index >= 15 is 0 Å². The molecule has 102 valence electrons. The van der Waals surface area contributed by atoms with Gasteiger partial charge >= 0.3 is 0 Å². The summed E-state index contributed by atoms with van der Waals surface area (Å²) in [6, 6.07) is 0. The van der Waals surface area contributed by atoms with Crippen LogP contribution in [-0.2, 0) is 23.1 Å². The van der Waals surface area contributed by atoms with Crippen molar-refractivity contribution in [3.8, 4) is 0 Å². The summed E-state index contributed by atoms with van der Waals surface area (Å²) in [7, 11) is 5.89. The minimum atomic E-state index is -0.447. The molecule has 0 spiro atoms. The number of nitrogens with one attached hydrogen (secondary N) is 1. The van der Waals surface area contributed by atoms with E-state index in [-0.39, 0.29) is 6.61 Å². The maximum absolute atomic E-state index is 10.4. The zero-order valence-electron chi connectivity index (χ0n) is 11.1. The van der Waals surface area contributed by atoms with Gasteiger partial charge in [-0.3, -0.25) is 4.79 Å². The number of amides is 1. The van der Waals surface area contributed by atoms with Crippen molar-refractivity contribution in [1.82, 2.24) is 14.9 Å². The van der Waals surface area contributed by atoms with Gasteiger partial charge in [0, 0.05) is 34.2 Å². The van der Waals surface area contributed by atoms with E-state index in [2.05, 4.69) is 10.3 Å². The number of hydrogen-bond donors (Lipinski definition) is 2. The second kappa shape index (κ2) is 6.97. The highest BCUT2D eigenvalue weighted by atomic mass is 16.5. The molecular formula is C11H21N5O2. The Morgan fingerprint density at radius 1 is 1.61 bits per heavy atom. The van der Waals surface area contributed by atoms with Gasteiger partial charge in [0.2, 0.25) is 11.9 Å². The van der Waals surface area contributed by atoms with Gasteiger partial charge in [-0.25, -0.2) is 4.98 Å². The van der Waals surface area contributed by atoms with Gasteiger partial charge in [-0.05, 0) is 0 Å². The number of rotatable bonds is 8. The highest BCUT2D eigenvalue weighted by Gasteiger charge is 2.07. The summed E-state index contributed by atoms with van der Waals surface area (Å²) in [5.41, 5.74) is 6.04. The molecule has 0 unspecified atom stereocenters. The Labute approximate surface area is 107 Å². The molecule has 0 atom stereocenters. The van der Waals surface area contributed by atoms with Crippen LogP contribution in [0.5, 0.6) is 0 Å². The van der Waals surface area contributed by atoms with Crippen molar-refractivity contribution in [2.75, 3.05) is 38.8 Å². The van der Waals surface area contributed by atoms with E-state index in [1.165, 1.54) is 0 Å². The molecule has 18 heavy (non-hydrogen) atoms. The predicted octanol–water partition coefficient (Wildman–Crippen LogP) is -0.922. The molecule has 0 saturated carbocycles. The summed E-state index contributed by atoms with van der Waals surface area (Å²) in [6.07, 6.45) is 1.84. The van der Waals surface area contributed by atoms with Crippen LogP contribution in [0, 0.1) is 0 Å². The number of ether oxygens (including phenoxy) is 1. The zero-order valence-corrected chi connectivity index (χ0v) is 11.1. The summed E-state index contributed by atoms with van der Waals surface area (Å²) in [5.74, 6) is 0.467. The number of carbonyl (C=O) groups is 1. The normalized spacial score (nSPS) is 10.6. The first-order chi connectivity index (χ1) is 8.52. The number of nitrogens with zero attached hydrogens (tertiary/aromatic N) is 3. The van der Waals surface area contributed by atoms with Crippen LogP contribution in [0.4, 0.5) is 5.95 Å². The minimum Gasteiger partial charge on any atom is -0.370 e. The molecule has 0 radical (unpaired) electrons. The van der Waals surface area contributed by atoms with E-state index < -0.39 is 5.91 Å². The Kier molecular flexibility index (Phi) is 5.60. The van der Waals surface area contributed by atoms with Crippen molar-refractivity contribution in [1.29, 1.82) is 0 Å². The van der Waals surface area contributed by atoms with Crippen LogP contribution in [0.15, 0.2) is 6.20 Å². The van der Waals surface area contributed by atoms with Gasteiger partial charge in [0.1, 0.15) is 6.61 Å². The van der Waals surface area contributed by atoms with Crippen LogP contribution >= 0.6 is 0 Å². The molecule has 0 aliphatic carbocycles. The zero-order chi connectivity index (χ0) is 13.5. The van der Waals surface area contributed by atoms with E-state index in [1.807, 2.05) is 36.8 Å². The van der Waals surface area contributed by atoms with Crippen LogP contribution in [0.3, 0.4) is 0 Å². The summed E-state index contributed by atoms with van der Waals surface area (Å²) in [6.45, 7) is 1.80. The number of imidazole rings is 1. The molecular weight excluding hydrogens is 234 g/mol. The third kappa shape index (κ3) is 4.34. The van der Waals surface area contributed by atoms with E-state index in [4.69, 9.17) is 10.5 Å². The molecule has 1 heterocycles. The molecule has 7 nitrogen and oxygen atoms in total. The minimum absolute atomic E-state index is 0.0296. The molecule has 7 heteroatoms. The van der Waals surface area contributed by atoms with Gasteiger partial charge < -0.3 is 25.3 Å². The predicted molar refractivity (Wildman–Crippen MR) is 69.3 cm³/mol. The topological polar surface area (TPSA) is 85.4 Å². The Morgan fingerprint density at radius 3 is 2.89 bits per heavy atom. The first-order valence-electron chi connectivity index (χ1n) is 5.77. The maximum atomic E-state index is 10.4. The average molecular weight is 255 g/mol. The molecule has 1 aromatic rings. The summed E-state index contributed by atoms with van der Waals surface area (Å²) < 4.78 is 7.06. The lowest BCUT2D eigenvalue weighted by atomic mass is 10.4. The van der Waals surface area contributed by atoms with Crippen molar-refractivity contribution in [2.45, 2.75) is 6.54 Å². The lowest BCUT2D eigenvalue weighted by Crippen LogP contribution is -2.24. The Balaban J connectivity index is 2.25. The fourth-order valence-electron chi connectivity index (χ4n) is 1.55. The fourth-order valence-corrected chi connectivity index (χ4v) is 1.55. The van der Waals surface area contributed by atoms with Crippen molar-refractivity contribution in [3.63, 3.8) is 0 Å². The number of carbonyl (C=O) groups excluding carboxylic acids is 1. The summed E-state index contributed by atoms with van der Waals surface area (Å²) in [5, 5.41) is 3.21. The molecule has 0 saturated heterocycles. The molecule has 0 aromatic carbocycles. The van der Waals surface area contributed by atoms with Crippen LogP contribution in [0.25, 0.3) is 0 Å². The highest BCUT2D eigenvalue weighted by molar-refractivity contribution is 5.74. The van der Waals surface area contributed by atoms with E-state index in [0.29, 0.717) is 19.7 Å². The SMILES string of the molecule is CN(C)c1ncc(CNCCOCC(N)=O)n1C. The van der Waals surface area contributed by atoms with Crippen LogP contribution in [0.1, 0.15) is 5.69 Å². The van der Waals surface area contributed by atoms with Gasteiger partial charge in [0.25, 0.3) is 0 Å². The van der Waals surface area contributed by atoms with Crippen molar-refractivity contribution in [3.05, 3.63) is 11.9 Å². The average Bonchev–Trinajstić information content (AvgIpc) is 2.65. The smallest absolute Gasteiger partial charge is 0.243 e. The second-order valence-electron chi connectivity index (χ2n) is 4.20. The van der Waals surface area contributed by atoms with Gasteiger partial charge in [-0.1, -0.05) is 0 Å². The summed E-state index contributed by atoms with van der Waals surface area (Å²) in [4.78, 5) is 16.7. The van der Waals surface area contributed by atoms with E-state index in [1.54, 1.807) is 0 Å². The van der Waals surface area contributed by atoms with Gasteiger partial charge in [-0.2, -0.15) is 0 Å². The Hall–Kier alpha value is -1.60. The fraction of sp³-hybridized carbons (Fsp3) is 0.636. The van der Waals surface area contributed by atoms with Crippen molar-refractivity contribution >= 4 is 11.9 Å². The monoisotopic (exact) mass is 255 g/mol. The summed E-state index contributed by atoms with van der Waals surface area (Å²) >= 11 is 0. The molecule has 0 aliphatic rings. The highest BCUT2D eigenvalue weighted by Crippen LogP contribution is 2.10. The molecule has 1 amide bonds. The lowest BCUT2D eigenvalue weighted by Gasteiger charge is -2.12. The molecule has 0 aliphatic heterocycles. The largest absolute Gasteiger partial charge is 0.370 e. The number of hydrogen-bond acceptors (Lipinski definition) is 5. The van der Waals surface area contributed by atoms with Crippen molar-refractivity contribution < 1.29 is 9.53 Å². The standard InChI is InChI=1S/C11H21N5O2/c1-15(2)11-14-7-9(16(11)3)6-13-4-5-18-8-10(12)17/h7,13H,4-6,8H2,1-3H3,(H2,12,17). The number of anilines is 1. The Morgan fingerprint density at radius 2 is 2.33 bits per heavy atom. The van der Waals surface area contributed by atoms with Gasteiger partial charge in [0.15, 0.2) is 0 Å². The maximum Gasteiger partial charge on any atom is 0.243 e. The molecule has 0 fully saturated rings. The van der Waals surface area contributed by atoms with Crippen LogP contribution < -0.4 is 16.0 Å². The van der Waals surface area contributed by atoms with Crippen LogP contribution in [0.2, 0.25) is 0 Å². The third-order valence-corrected chi connectivity index (χ3v) is 2.43. The quantitative estimate of drug-likeness (QED) is 0.587. The van der Waals surface area contributed by atoms with Crippen LogP contribution in [-0.4, -0.2) is 49.3 Å². The van der Waals surface area contributed by atoms with Gasteiger partial charge in [-0.15, -0.1) is 0 Å².